The van der Waals surface area contributed by atoms with E-state index in [-0.39, 0.29) is 5.69 Å². The number of imidazole rings is 1. The van der Waals surface area contributed by atoms with Crippen LogP contribution in [0.25, 0.3) is 39.0 Å². The van der Waals surface area contributed by atoms with Crippen molar-refractivity contribution in [2.75, 3.05) is 7.11 Å². The Bertz CT molecular complexity index is 1420. The van der Waals surface area contributed by atoms with Crippen molar-refractivity contribution in [3.63, 3.8) is 0 Å². The standard InChI is InChI=1S/C27H31N5O2/c1-34-23-9-7-18(8-10-23)17-31-24-14-21(20-13-19-11-12-28-25(19)29-15-20)16-30-26(24)32(27(31)33)22-5-3-2-4-6-22/h5,11-16,18,23H,2-4,6-10,17H2,1H3,(H,28,29). The molecule has 0 aromatic carbocycles. The molecule has 0 spiro atoms. The second-order valence-electron chi connectivity index (χ2n) is 9.75. The number of hydrogen-bond donors (Lipinski definition) is 1. The van der Waals surface area contributed by atoms with Crippen molar-refractivity contribution in [3.05, 3.63) is 53.3 Å². The van der Waals surface area contributed by atoms with Gasteiger partial charge < -0.3 is 9.72 Å². The number of fused-ring (bicyclic) bond motifs is 2. The van der Waals surface area contributed by atoms with E-state index in [1.54, 1.807) is 7.11 Å². The van der Waals surface area contributed by atoms with Crippen molar-refractivity contribution in [1.29, 1.82) is 0 Å². The van der Waals surface area contributed by atoms with Gasteiger partial charge in [0.2, 0.25) is 0 Å². The first-order chi connectivity index (χ1) is 16.7. The topological polar surface area (TPSA) is 77.7 Å². The quantitative estimate of drug-likeness (QED) is 0.438. The summed E-state index contributed by atoms with van der Waals surface area (Å²) in [5, 5.41) is 1.06. The van der Waals surface area contributed by atoms with Crippen molar-refractivity contribution < 1.29 is 4.74 Å². The number of aromatic nitrogens is 5. The molecule has 0 unspecified atom stereocenters. The van der Waals surface area contributed by atoms with Crippen LogP contribution in [0.1, 0.15) is 51.4 Å². The van der Waals surface area contributed by atoms with Crippen LogP contribution >= 0.6 is 0 Å². The number of methoxy groups -OCH3 is 1. The molecule has 0 aliphatic heterocycles. The average Bonchev–Trinajstić information content (AvgIpc) is 3.46. The molecule has 0 saturated heterocycles. The summed E-state index contributed by atoms with van der Waals surface area (Å²) in [6.45, 7) is 0.728. The third kappa shape index (κ3) is 3.78. The van der Waals surface area contributed by atoms with Gasteiger partial charge in [-0.2, -0.15) is 0 Å². The summed E-state index contributed by atoms with van der Waals surface area (Å²) in [5.41, 5.74) is 5.68. The minimum Gasteiger partial charge on any atom is -0.381 e. The summed E-state index contributed by atoms with van der Waals surface area (Å²) < 4.78 is 9.40. The third-order valence-electron chi connectivity index (χ3n) is 7.63. The molecule has 1 saturated carbocycles. The largest absolute Gasteiger partial charge is 0.381 e. The van der Waals surface area contributed by atoms with Gasteiger partial charge in [0.15, 0.2) is 5.65 Å². The Hall–Kier alpha value is -3.19. The molecule has 176 valence electrons. The Morgan fingerprint density at radius 2 is 1.91 bits per heavy atom. The number of nitrogens with zero attached hydrogens (tertiary/aromatic N) is 4. The van der Waals surface area contributed by atoms with E-state index >= 15 is 0 Å². The van der Waals surface area contributed by atoms with E-state index in [1.807, 2.05) is 33.8 Å². The minimum atomic E-state index is 0.0425. The van der Waals surface area contributed by atoms with Crippen molar-refractivity contribution in [3.8, 4) is 11.1 Å². The smallest absolute Gasteiger partial charge is 0.334 e. The van der Waals surface area contributed by atoms with E-state index < -0.39 is 0 Å². The first-order valence-corrected chi connectivity index (χ1v) is 12.5. The lowest BCUT2D eigenvalue weighted by Gasteiger charge is -2.27. The van der Waals surface area contributed by atoms with Gasteiger partial charge in [0, 0.05) is 54.5 Å². The predicted octanol–water partition coefficient (Wildman–Crippen LogP) is 5.36. The molecule has 0 atom stereocenters. The van der Waals surface area contributed by atoms with Gasteiger partial charge in [-0.05, 0) is 75.5 Å². The van der Waals surface area contributed by atoms with E-state index in [0.29, 0.717) is 12.0 Å². The summed E-state index contributed by atoms with van der Waals surface area (Å²) in [4.78, 5) is 26.3. The zero-order valence-corrected chi connectivity index (χ0v) is 19.7. The summed E-state index contributed by atoms with van der Waals surface area (Å²) in [7, 11) is 1.80. The maximum absolute atomic E-state index is 13.8. The van der Waals surface area contributed by atoms with Crippen LogP contribution in [-0.2, 0) is 11.3 Å². The SMILES string of the molecule is COC1CCC(Cn2c(=O)n(C3=CCCCC3)c3ncc(-c4cnc5[nH]ccc5c4)cc32)CC1. The van der Waals surface area contributed by atoms with Crippen LogP contribution in [0.5, 0.6) is 0 Å². The Morgan fingerprint density at radius 1 is 1.09 bits per heavy atom. The Kier molecular flexibility index (Phi) is 5.57. The molecule has 6 rings (SSSR count). The molecule has 2 aliphatic carbocycles. The fourth-order valence-electron chi connectivity index (χ4n) is 5.65. The lowest BCUT2D eigenvalue weighted by Crippen LogP contribution is -2.29. The highest BCUT2D eigenvalue weighted by Crippen LogP contribution is 2.31. The van der Waals surface area contributed by atoms with Crippen LogP contribution in [-0.4, -0.2) is 37.3 Å². The highest BCUT2D eigenvalue weighted by molar-refractivity contribution is 5.85. The summed E-state index contributed by atoms with van der Waals surface area (Å²) in [6.07, 6.45) is 16.8. The monoisotopic (exact) mass is 457 g/mol. The van der Waals surface area contributed by atoms with Gasteiger partial charge in [-0.1, -0.05) is 6.08 Å². The Balaban J connectivity index is 1.45. The highest BCUT2D eigenvalue weighted by Gasteiger charge is 2.25. The van der Waals surface area contributed by atoms with Gasteiger partial charge in [0.1, 0.15) is 5.65 Å². The molecule has 4 aromatic heterocycles. The molecule has 4 heterocycles. The van der Waals surface area contributed by atoms with Crippen LogP contribution in [0, 0.1) is 5.92 Å². The number of rotatable bonds is 5. The fraction of sp³-hybridized carbons (Fsp3) is 0.444. The maximum Gasteiger partial charge on any atom is 0.334 e. The normalized spacial score (nSPS) is 21.3. The van der Waals surface area contributed by atoms with Gasteiger partial charge in [-0.15, -0.1) is 0 Å². The molecule has 34 heavy (non-hydrogen) atoms. The molecule has 1 N–H and O–H groups in total. The molecule has 0 radical (unpaired) electrons. The van der Waals surface area contributed by atoms with Crippen LogP contribution in [0.4, 0.5) is 0 Å². The van der Waals surface area contributed by atoms with Crippen LogP contribution in [0.2, 0.25) is 0 Å². The van der Waals surface area contributed by atoms with E-state index in [9.17, 15) is 4.79 Å². The molecule has 0 amide bonds. The number of hydrogen-bond acceptors (Lipinski definition) is 4. The first-order valence-electron chi connectivity index (χ1n) is 12.5. The molecule has 7 nitrogen and oxygen atoms in total. The Labute approximate surface area is 198 Å². The van der Waals surface area contributed by atoms with Crippen molar-refractivity contribution in [2.45, 2.75) is 64.0 Å². The van der Waals surface area contributed by atoms with Gasteiger partial charge >= 0.3 is 5.69 Å². The van der Waals surface area contributed by atoms with Crippen LogP contribution < -0.4 is 5.69 Å². The van der Waals surface area contributed by atoms with Crippen molar-refractivity contribution >= 4 is 27.9 Å². The van der Waals surface area contributed by atoms with Crippen molar-refractivity contribution in [1.82, 2.24) is 24.1 Å². The van der Waals surface area contributed by atoms with E-state index in [4.69, 9.17) is 9.72 Å². The number of H-pyrrole nitrogens is 1. The minimum absolute atomic E-state index is 0.0425. The zero-order valence-electron chi connectivity index (χ0n) is 19.7. The third-order valence-corrected chi connectivity index (χ3v) is 7.63. The van der Waals surface area contributed by atoms with E-state index in [0.717, 1.165) is 90.5 Å². The number of aromatic amines is 1. The summed E-state index contributed by atoms with van der Waals surface area (Å²) in [6, 6.07) is 6.27. The zero-order chi connectivity index (χ0) is 23.1. The molecular weight excluding hydrogens is 426 g/mol. The number of pyridine rings is 2. The second-order valence-corrected chi connectivity index (χ2v) is 9.75. The van der Waals surface area contributed by atoms with E-state index in [1.165, 1.54) is 6.42 Å². The predicted molar refractivity (Wildman–Crippen MR) is 135 cm³/mol. The molecule has 7 heteroatoms. The number of allylic oxidation sites excluding steroid dienone is 2. The van der Waals surface area contributed by atoms with Crippen LogP contribution in [0.3, 0.4) is 0 Å². The lowest BCUT2D eigenvalue weighted by molar-refractivity contribution is 0.0542. The molecule has 4 aromatic rings. The number of ether oxygens (including phenoxy) is 1. The van der Waals surface area contributed by atoms with Gasteiger partial charge in [0.25, 0.3) is 0 Å². The van der Waals surface area contributed by atoms with Gasteiger partial charge in [-0.3, -0.25) is 4.57 Å². The van der Waals surface area contributed by atoms with Crippen LogP contribution in [0.15, 0.2) is 47.7 Å². The lowest BCUT2D eigenvalue weighted by atomic mass is 9.87. The summed E-state index contributed by atoms with van der Waals surface area (Å²) >= 11 is 0. The molecular formula is C27H31N5O2. The maximum atomic E-state index is 13.8. The van der Waals surface area contributed by atoms with Gasteiger partial charge in [-0.25, -0.2) is 19.3 Å². The second kappa shape index (κ2) is 8.87. The molecule has 0 bridgehead atoms. The van der Waals surface area contributed by atoms with Crippen molar-refractivity contribution in [2.24, 2.45) is 5.92 Å². The summed E-state index contributed by atoms with van der Waals surface area (Å²) in [5.74, 6) is 0.477. The van der Waals surface area contributed by atoms with Gasteiger partial charge in [0.05, 0.1) is 11.6 Å². The fourth-order valence-corrected chi connectivity index (χ4v) is 5.65. The first kappa shape index (κ1) is 21.4. The number of nitrogens with one attached hydrogen (secondary N) is 1. The molecule has 2 aliphatic rings. The Morgan fingerprint density at radius 3 is 2.71 bits per heavy atom. The van der Waals surface area contributed by atoms with E-state index in [2.05, 4.69) is 28.2 Å². The molecule has 1 fully saturated rings. The highest BCUT2D eigenvalue weighted by atomic mass is 16.5. The average molecular weight is 458 g/mol.